The molecule has 33 heavy (non-hydrogen) atoms. The van der Waals surface area contributed by atoms with Crippen LogP contribution in [0.2, 0.25) is 5.02 Å². The van der Waals surface area contributed by atoms with Crippen molar-refractivity contribution in [1.29, 1.82) is 0 Å². The van der Waals surface area contributed by atoms with Crippen molar-refractivity contribution in [2.24, 2.45) is 10.7 Å². The fraction of sp³-hybridized carbons (Fsp3) is 0.400. The standard InChI is InChI=1S/C20H24ClF3N8O/c1-3-15(33)32-9-12(5-4-11(32)2)28-18-16-14(21)8-27-17(16)30-19(31-18)29-13(6-25)7-26-10-20(22,23)24/h3,6-8,11-12H,1,4-5,9-10,25H2,2H3,(H3,27,28,29,30,31)/t11-,12+/m0/s1. The number of likely N-dealkylation sites (tertiary alicyclic amines) is 1. The number of nitrogens with two attached hydrogens (primary N) is 1. The molecule has 2 aromatic heterocycles. The summed E-state index contributed by atoms with van der Waals surface area (Å²) in [6.07, 6.45) is 2.00. The summed E-state index contributed by atoms with van der Waals surface area (Å²) in [5.41, 5.74) is 5.99. The van der Waals surface area contributed by atoms with Gasteiger partial charge >= 0.3 is 6.18 Å². The van der Waals surface area contributed by atoms with E-state index in [9.17, 15) is 18.0 Å². The van der Waals surface area contributed by atoms with Crippen LogP contribution in [0.5, 0.6) is 0 Å². The average Bonchev–Trinajstić information content (AvgIpc) is 3.13. The number of carbonyl (C=O) groups excluding carboxylic acids is 1. The summed E-state index contributed by atoms with van der Waals surface area (Å²) in [4.78, 5) is 28.9. The van der Waals surface area contributed by atoms with E-state index >= 15 is 0 Å². The molecule has 3 heterocycles. The van der Waals surface area contributed by atoms with Crippen molar-refractivity contribution in [3.63, 3.8) is 0 Å². The van der Waals surface area contributed by atoms with Crippen LogP contribution in [0.25, 0.3) is 11.0 Å². The number of aromatic nitrogens is 3. The van der Waals surface area contributed by atoms with Crippen LogP contribution in [-0.4, -0.2) is 63.3 Å². The number of piperidine rings is 1. The fourth-order valence-corrected chi connectivity index (χ4v) is 3.73. The number of aliphatic imine (C=N–C) groups is 1. The first-order valence-electron chi connectivity index (χ1n) is 10.1. The second kappa shape index (κ2) is 10.1. The van der Waals surface area contributed by atoms with E-state index in [0.29, 0.717) is 28.4 Å². The molecular weight excluding hydrogens is 461 g/mol. The molecule has 13 heteroatoms. The highest BCUT2D eigenvalue weighted by molar-refractivity contribution is 6.36. The molecule has 2 atom stereocenters. The van der Waals surface area contributed by atoms with Crippen molar-refractivity contribution < 1.29 is 18.0 Å². The molecule has 3 rings (SSSR count). The van der Waals surface area contributed by atoms with Gasteiger partial charge in [-0.25, -0.2) is 0 Å². The van der Waals surface area contributed by atoms with Crippen molar-refractivity contribution >= 4 is 46.5 Å². The number of hydrogen-bond donors (Lipinski definition) is 4. The summed E-state index contributed by atoms with van der Waals surface area (Å²) in [6.45, 7) is 4.64. The third-order valence-corrected chi connectivity index (χ3v) is 5.40. The lowest BCUT2D eigenvalue weighted by atomic mass is 9.99. The summed E-state index contributed by atoms with van der Waals surface area (Å²) >= 11 is 6.31. The van der Waals surface area contributed by atoms with Gasteiger partial charge in [0, 0.05) is 37.2 Å². The Hall–Kier alpha value is -3.28. The lowest BCUT2D eigenvalue weighted by Gasteiger charge is -2.38. The van der Waals surface area contributed by atoms with Crippen LogP contribution in [-0.2, 0) is 4.79 Å². The number of halogens is 4. The van der Waals surface area contributed by atoms with Crippen molar-refractivity contribution in [2.75, 3.05) is 23.7 Å². The van der Waals surface area contributed by atoms with Crippen LogP contribution in [0.4, 0.5) is 24.9 Å². The number of nitrogens with zero attached hydrogens (tertiary/aromatic N) is 4. The molecule has 1 aliphatic rings. The van der Waals surface area contributed by atoms with Gasteiger partial charge in [-0.3, -0.25) is 9.79 Å². The van der Waals surface area contributed by atoms with Crippen molar-refractivity contribution in [1.82, 2.24) is 19.9 Å². The van der Waals surface area contributed by atoms with Crippen molar-refractivity contribution in [2.45, 2.75) is 38.0 Å². The Morgan fingerprint density at radius 3 is 2.88 bits per heavy atom. The Morgan fingerprint density at radius 2 is 2.21 bits per heavy atom. The number of amides is 1. The monoisotopic (exact) mass is 484 g/mol. The van der Waals surface area contributed by atoms with E-state index in [0.717, 1.165) is 25.3 Å². The largest absolute Gasteiger partial charge is 0.407 e. The molecule has 1 amide bonds. The number of hydrogen-bond acceptors (Lipinski definition) is 7. The van der Waals surface area contributed by atoms with Gasteiger partial charge in [0.25, 0.3) is 0 Å². The van der Waals surface area contributed by atoms with E-state index in [2.05, 4.69) is 37.2 Å². The molecule has 178 valence electrons. The first kappa shape index (κ1) is 24.4. The first-order valence-corrected chi connectivity index (χ1v) is 10.5. The van der Waals surface area contributed by atoms with Gasteiger partial charge in [-0.1, -0.05) is 18.2 Å². The highest BCUT2D eigenvalue weighted by Crippen LogP contribution is 2.31. The van der Waals surface area contributed by atoms with Crippen LogP contribution in [0, 0.1) is 0 Å². The Morgan fingerprint density at radius 1 is 1.45 bits per heavy atom. The number of alkyl halides is 3. The van der Waals surface area contributed by atoms with E-state index < -0.39 is 12.7 Å². The lowest BCUT2D eigenvalue weighted by Crippen LogP contribution is -2.49. The van der Waals surface area contributed by atoms with Gasteiger partial charge in [0.05, 0.1) is 16.1 Å². The van der Waals surface area contributed by atoms with Crippen LogP contribution >= 0.6 is 11.6 Å². The van der Waals surface area contributed by atoms with Gasteiger partial charge in [0.1, 0.15) is 18.0 Å². The number of nitrogens with one attached hydrogen (secondary N) is 3. The molecule has 0 saturated carbocycles. The number of anilines is 2. The zero-order valence-electron chi connectivity index (χ0n) is 17.8. The normalized spacial score (nSPS) is 19.8. The summed E-state index contributed by atoms with van der Waals surface area (Å²) in [5.74, 6) is 0.324. The Balaban J connectivity index is 1.84. The van der Waals surface area contributed by atoms with E-state index in [1.54, 1.807) is 11.1 Å². The smallest absolute Gasteiger partial charge is 0.403 e. The fourth-order valence-electron chi connectivity index (χ4n) is 3.49. The van der Waals surface area contributed by atoms with Gasteiger partial charge in [0.15, 0.2) is 0 Å². The molecule has 1 fully saturated rings. The third kappa shape index (κ3) is 6.15. The summed E-state index contributed by atoms with van der Waals surface area (Å²) < 4.78 is 37.0. The maximum absolute atomic E-state index is 12.3. The number of H-pyrrole nitrogens is 1. The second-order valence-corrected chi connectivity index (χ2v) is 7.96. The SMILES string of the molecule is C=CC(=O)N1C[C@H](Nc2nc(NC(C=NCC(F)(F)F)=CN)nc3[nH]cc(Cl)c23)CC[C@@H]1C. The van der Waals surface area contributed by atoms with Crippen LogP contribution < -0.4 is 16.4 Å². The first-order chi connectivity index (χ1) is 15.6. The predicted molar refractivity (Wildman–Crippen MR) is 122 cm³/mol. The number of rotatable bonds is 7. The third-order valence-electron chi connectivity index (χ3n) is 5.10. The minimum atomic E-state index is -4.43. The minimum absolute atomic E-state index is 0.0712. The summed E-state index contributed by atoms with van der Waals surface area (Å²) in [7, 11) is 0. The van der Waals surface area contributed by atoms with E-state index in [1.807, 2.05) is 6.92 Å². The van der Waals surface area contributed by atoms with Crippen LogP contribution in [0.1, 0.15) is 19.8 Å². The average molecular weight is 485 g/mol. The van der Waals surface area contributed by atoms with Gasteiger partial charge in [-0.05, 0) is 25.8 Å². The highest BCUT2D eigenvalue weighted by atomic mass is 35.5. The summed E-state index contributed by atoms with van der Waals surface area (Å²) in [6, 6.07) is -0.0276. The summed E-state index contributed by atoms with van der Waals surface area (Å²) in [5, 5.41) is 7.01. The number of fused-ring (bicyclic) bond motifs is 1. The molecule has 2 aromatic rings. The van der Waals surface area contributed by atoms with E-state index in [4.69, 9.17) is 17.3 Å². The molecule has 0 aliphatic carbocycles. The minimum Gasteiger partial charge on any atom is -0.403 e. The Labute approximate surface area is 193 Å². The molecule has 5 N–H and O–H groups in total. The Kier molecular flexibility index (Phi) is 7.46. The molecule has 0 bridgehead atoms. The predicted octanol–water partition coefficient (Wildman–Crippen LogP) is 3.43. The van der Waals surface area contributed by atoms with E-state index in [1.165, 1.54) is 6.08 Å². The molecular formula is C20H24ClF3N8O. The zero-order chi connectivity index (χ0) is 24.2. The molecule has 0 aromatic carbocycles. The quantitative estimate of drug-likeness (QED) is 0.352. The van der Waals surface area contributed by atoms with Crippen molar-refractivity contribution in [3.8, 4) is 0 Å². The zero-order valence-corrected chi connectivity index (χ0v) is 18.5. The maximum Gasteiger partial charge on any atom is 0.407 e. The lowest BCUT2D eigenvalue weighted by molar-refractivity contribution is -0.129. The van der Waals surface area contributed by atoms with Gasteiger partial charge < -0.3 is 26.3 Å². The van der Waals surface area contributed by atoms with Gasteiger partial charge in [-0.2, -0.15) is 23.1 Å². The molecule has 1 saturated heterocycles. The highest BCUT2D eigenvalue weighted by Gasteiger charge is 2.29. The number of aromatic amines is 1. The molecule has 9 nitrogen and oxygen atoms in total. The topological polar surface area (TPSA) is 124 Å². The number of carbonyl (C=O) groups is 1. The molecule has 0 unspecified atom stereocenters. The maximum atomic E-state index is 12.3. The van der Waals surface area contributed by atoms with Gasteiger partial charge in [-0.15, -0.1) is 0 Å². The number of allylic oxidation sites excluding steroid dienone is 1. The van der Waals surface area contributed by atoms with Gasteiger partial charge in [0.2, 0.25) is 11.9 Å². The van der Waals surface area contributed by atoms with Crippen molar-refractivity contribution in [3.05, 3.63) is 35.8 Å². The van der Waals surface area contributed by atoms with E-state index in [-0.39, 0.29) is 29.6 Å². The van der Waals surface area contributed by atoms with Crippen LogP contribution in [0.15, 0.2) is 35.7 Å². The second-order valence-electron chi connectivity index (χ2n) is 7.55. The van der Waals surface area contributed by atoms with Crippen LogP contribution in [0.3, 0.4) is 0 Å². The molecule has 0 radical (unpaired) electrons. The Bertz CT molecular complexity index is 1080. The molecule has 1 aliphatic heterocycles. The molecule has 0 spiro atoms.